The molecule has 0 spiro atoms. The molecule has 19 unspecified atom stereocenters. The fraction of sp³-hybridized carbons (Fsp3) is 0.623. The maximum atomic E-state index is 14.8. The van der Waals surface area contributed by atoms with Crippen LogP contribution in [0.3, 0.4) is 0 Å². The first-order valence-electron chi connectivity index (χ1n) is 36.4. The second-order valence-corrected chi connectivity index (χ2v) is 27.2. The number of hydrogen-bond acceptors (Lipinski definition) is 35. The van der Waals surface area contributed by atoms with Gasteiger partial charge in [-0.15, -0.1) is 0 Å². The minimum Gasteiger partial charge on any atom is -0.481 e. The molecule has 47 heteroatoms. The Morgan fingerprint density at radius 2 is 0.819 bits per heavy atom. The zero-order valence-corrected chi connectivity index (χ0v) is 62.7. The van der Waals surface area contributed by atoms with Crippen molar-refractivity contribution in [3.05, 3.63) is 52.1 Å². The standard InChI is InChI=1S/C69H103N13O34/c1-2-37(67(113)114)77-64(110)32(6-15-50(96)73-25-44(90)56(103)59(106)47(93)28-84)20-41(87)39(13-18-53(100)101)79-65(111)33(7-16-51(97)74-26-45(91)57(104)60(107)48(94)29-85)21-42(88)38(12-17-52(98)99)78-63(109)31(5-14-49(95)72-24-43(89)55(102)58(105)46(92)27-83)19-36(86)10-11-40(68(115)116)80-62(108)30-3-8-34(9-4-30)71-22-35-23-75-61-54(76-35)66(112)82-69(70)81-61/h3-4,8-9,23,31-33,37-40,43-48,55-60,71,83-85,89-94,102-107H,2,5-7,10-22,24-29H2,1H3,(H,72,95)(H,73,96)(H,74,97)(H,77,110)(H,78,109)(H,79,111)(H,80,108)(H,98,99)(H,100,101)(H,113,114)(H,115,116)(H3,70,75,81,82,112). The SMILES string of the molecule is CCC(NC(=O)C(CCC(=O)NCC(O)C(O)C(O)C(O)CO)CC(=O)C(CCC(=O)O)NC(=O)C(CCC(=O)NCC(O)C(O)C(O)C(O)CO)CC(=O)C(CCC(=O)O)NC(=O)C(CCC(=O)NCC(O)C(O)C(O)C(O)CO)CC(=O)CCC(NC(=O)c1ccc(NCc2cnc3nc(N)[nH]c(=O)c3n2)cc1)C(=O)O)C(=O)O. The summed E-state index contributed by atoms with van der Waals surface area (Å²) in [5.41, 5.74) is 5.43. The lowest BCUT2D eigenvalue weighted by Gasteiger charge is -2.26. The highest BCUT2D eigenvalue weighted by molar-refractivity contribution is 5.99. The van der Waals surface area contributed by atoms with E-state index in [1.165, 1.54) is 37.4 Å². The molecule has 2 aromatic heterocycles. The number of H-pyrrole nitrogens is 1. The maximum Gasteiger partial charge on any atom is 0.326 e. The Morgan fingerprint density at radius 3 is 1.19 bits per heavy atom. The number of aromatic amines is 1. The second-order valence-electron chi connectivity index (χ2n) is 27.2. The number of fused-ring (bicyclic) bond motifs is 1. The van der Waals surface area contributed by atoms with Crippen molar-refractivity contribution in [3.63, 3.8) is 0 Å². The summed E-state index contributed by atoms with van der Waals surface area (Å²) in [4.78, 5) is 215. The first kappa shape index (κ1) is 99.8. The van der Waals surface area contributed by atoms with Crippen LogP contribution in [0.25, 0.3) is 11.2 Å². The number of hydrogen-bond donors (Lipinski definition) is 29. The van der Waals surface area contributed by atoms with E-state index in [-0.39, 0.29) is 35.6 Å². The highest BCUT2D eigenvalue weighted by Crippen LogP contribution is 2.23. The second kappa shape index (κ2) is 50.2. The molecule has 0 saturated carbocycles. The first-order chi connectivity index (χ1) is 54.5. The number of nitrogens with two attached hydrogens (primary N) is 1. The molecule has 0 saturated heterocycles. The monoisotopic (exact) mass is 1660 g/mol. The molecule has 0 aliphatic heterocycles. The summed E-state index contributed by atoms with van der Waals surface area (Å²) in [7, 11) is 0. The first-order valence-corrected chi connectivity index (χ1v) is 36.4. The molecular formula is C69H103N13O34. The number of benzene rings is 1. The Morgan fingerprint density at radius 1 is 0.448 bits per heavy atom. The number of carbonyl (C=O) groups excluding carboxylic acids is 10. The van der Waals surface area contributed by atoms with E-state index in [1.54, 1.807) is 0 Å². The summed E-state index contributed by atoms with van der Waals surface area (Å²) >= 11 is 0. The topological polar surface area (TPSA) is 817 Å². The number of nitrogen functional groups attached to an aromatic ring is 1. The van der Waals surface area contributed by atoms with Gasteiger partial charge in [-0.1, -0.05) is 6.92 Å². The van der Waals surface area contributed by atoms with Crippen LogP contribution in [0.4, 0.5) is 11.6 Å². The molecule has 0 fully saturated rings. The average Bonchev–Trinajstić information content (AvgIpc) is 0.815. The van der Waals surface area contributed by atoms with Crippen LogP contribution in [0.1, 0.15) is 126 Å². The van der Waals surface area contributed by atoms with E-state index in [2.05, 4.69) is 62.5 Å². The number of aliphatic carboxylic acids is 4. The van der Waals surface area contributed by atoms with Crippen LogP contribution >= 0.6 is 0 Å². The van der Waals surface area contributed by atoms with Crippen LogP contribution in [0.2, 0.25) is 0 Å². The third-order valence-electron chi connectivity index (χ3n) is 18.3. The molecule has 0 aliphatic carbocycles. The number of amides is 7. The zero-order valence-electron chi connectivity index (χ0n) is 62.7. The predicted molar refractivity (Wildman–Crippen MR) is 391 cm³/mol. The number of anilines is 2. The number of aromatic nitrogens is 4. The van der Waals surface area contributed by atoms with Gasteiger partial charge in [-0.05, 0) is 69.2 Å². The van der Waals surface area contributed by atoms with Crippen molar-refractivity contribution in [1.29, 1.82) is 0 Å². The highest BCUT2D eigenvalue weighted by atomic mass is 16.4. The minimum atomic E-state index is -2.21. The number of carbonyl (C=O) groups is 14. The molecule has 0 aliphatic rings. The summed E-state index contributed by atoms with van der Waals surface area (Å²) < 4.78 is 0. The number of aliphatic hydroxyl groups is 15. The van der Waals surface area contributed by atoms with Gasteiger partial charge in [0.25, 0.3) is 11.5 Å². The lowest BCUT2D eigenvalue weighted by molar-refractivity contribution is -0.143. The van der Waals surface area contributed by atoms with Gasteiger partial charge in [0.2, 0.25) is 41.4 Å². The molecule has 3 rings (SSSR count). The molecule has 2 heterocycles. The van der Waals surface area contributed by atoms with Crippen LogP contribution < -0.4 is 53.8 Å². The summed E-state index contributed by atoms with van der Waals surface area (Å²) in [5, 5.41) is 207. The van der Waals surface area contributed by atoms with E-state index in [0.29, 0.717) is 11.4 Å². The third kappa shape index (κ3) is 34.2. The molecule has 116 heavy (non-hydrogen) atoms. The number of rotatable bonds is 58. The Labute approximate surface area is 658 Å². The van der Waals surface area contributed by atoms with Gasteiger partial charge in [0.15, 0.2) is 22.7 Å². The molecule has 0 bridgehead atoms. The van der Waals surface area contributed by atoms with Gasteiger partial charge in [0.1, 0.15) is 72.8 Å². The van der Waals surface area contributed by atoms with Crippen LogP contribution in [-0.2, 0) is 68.9 Å². The molecular weight excluding hydrogens is 1550 g/mol. The molecule has 3 aromatic rings. The minimum absolute atomic E-state index is 0.0101. The average molecular weight is 1660 g/mol. The highest BCUT2D eigenvalue weighted by Gasteiger charge is 2.38. The summed E-state index contributed by atoms with van der Waals surface area (Å²) in [6.45, 7) is -4.45. The van der Waals surface area contributed by atoms with Crippen molar-refractivity contribution in [2.75, 3.05) is 50.5 Å². The zero-order chi connectivity index (χ0) is 87.4. The van der Waals surface area contributed by atoms with Crippen molar-refractivity contribution in [1.82, 2.24) is 57.2 Å². The van der Waals surface area contributed by atoms with Gasteiger partial charge in [0, 0.05) is 106 Å². The number of nitrogens with zero attached hydrogens (tertiary/aromatic N) is 3. The molecule has 1 aromatic carbocycles. The number of carboxylic acids is 4. The van der Waals surface area contributed by atoms with E-state index in [9.17, 15) is 164 Å². The van der Waals surface area contributed by atoms with Crippen molar-refractivity contribution < 1.29 is 164 Å². The van der Waals surface area contributed by atoms with Gasteiger partial charge in [-0.25, -0.2) is 19.6 Å². The van der Waals surface area contributed by atoms with Gasteiger partial charge in [-0.2, -0.15) is 4.98 Å². The summed E-state index contributed by atoms with van der Waals surface area (Å²) in [6.07, 6.45) is -36.6. The van der Waals surface area contributed by atoms with E-state index in [4.69, 9.17) is 10.8 Å². The van der Waals surface area contributed by atoms with Crippen LogP contribution in [-0.4, -0.2) is 336 Å². The number of Topliss-reactive ketones (excluding diaryl/α,β-unsaturated/α-hetero) is 3. The fourth-order valence-corrected chi connectivity index (χ4v) is 11.2. The van der Waals surface area contributed by atoms with E-state index < -0.39 is 339 Å². The Kier molecular flexibility index (Phi) is 43.2. The van der Waals surface area contributed by atoms with Gasteiger partial charge < -0.3 is 145 Å². The van der Waals surface area contributed by atoms with Gasteiger partial charge >= 0.3 is 23.9 Å². The Hall–Kier alpha value is -10.4. The smallest absolute Gasteiger partial charge is 0.326 e. The number of nitrogens with one attached hydrogen (secondary N) is 9. The Balaban J connectivity index is 2.05. The van der Waals surface area contributed by atoms with E-state index >= 15 is 0 Å². The Bertz CT molecular complexity index is 3860. The number of ketones is 3. The molecule has 7 amide bonds. The quantitative estimate of drug-likeness (QED) is 0.0249. The van der Waals surface area contributed by atoms with Crippen LogP contribution in [0, 0.1) is 17.8 Å². The van der Waals surface area contributed by atoms with Crippen LogP contribution in [0.5, 0.6) is 0 Å². The summed E-state index contributed by atoms with van der Waals surface area (Å²) in [6, 6.07) is -2.01. The molecule has 47 nitrogen and oxygen atoms in total. The number of carboxylic acid groups (broad SMARTS) is 4. The van der Waals surface area contributed by atoms with Crippen molar-refractivity contribution in [2.45, 2.75) is 214 Å². The molecule has 648 valence electrons. The largest absolute Gasteiger partial charge is 0.481 e. The van der Waals surface area contributed by atoms with E-state index in [1.807, 2.05) is 0 Å². The van der Waals surface area contributed by atoms with Crippen LogP contribution in [0.15, 0.2) is 35.3 Å². The molecule has 19 atom stereocenters. The van der Waals surface area contributed by atoms with Crippen molar-refractivity contribution in [3.8, 4) is 0 Å². The lowest BCUT2D eigenvalue weighted by atomic mass is 9.89. The van der Waals surface area contributed by atoms with Gasteiger partial charge in [-0.3, -0.25) is 67.3 Å². The van der Waals surface area contributed by atoms with E-state index in [0.717, 1.165) is 0 Å². The fourth-order valence-electron chi connectivity index (χ4n) is 11.2. The number of aliphatic hydroxyl groups excluding tert-OH is 15. The summed E-state index contributed by atoms with van der Waals surface area (Å²) in [5.74, 6) is -23.5. The van der Waals surface area contributed by atoms with Gasteiger partial charge in [0.05, 0.1) is 68.7 Å². The predicted octanol–water partition coefficient (Wildman–Crippen LogP) is -10.7. The van der Waals surface area contributed by atoms with Crippen molar-refractivity contribution >= 4 is 105 Å². The molecule has 30 N–H and O–H groups in total. The lowest BCUT2D eigenvalue weighted by Crippen LogP contribution is -2.50. The normalized spacial score (nSPS) is 16.4. The van der Waals surface area contributed by atoms with Crippen molar-refractivity contribution in [2.24, 2.45) is 17.8 Å². The third-order valence-corrected chi connectivity index (χ3v) is 18.3. The molecule has 0 radical (unpaired) electrons. The maximum absolute atomic E-state index is 14.8.